The van der Waals surface area contributed by atoms with Crippen molar-refractivity contribution in [2.75, 3.05) is 26.3 Å². The van der Waals surface area contributed by atoms with Gasteiger partial charge in [0.1, 0.15) is 12.2 Å². The summed E-state index contributed by atoms with van der Waals surface area (Å²) in [6, 6.07) is -0.624. The number of piperidine rings is 1. The van der Waals surface area contributed by atoms with Crippen LogP contribution in [0.25, 0.3) is 0 Å². The van der Waals surface area contributed by atoms with Crippen LogP contribution >= 0.6 is 0 Å². The van der Waals surface area contributed by atoms with Gasteiger partial charge >= 0.3 is 0 Å². The Morgan fingerprint density at radius 3 is 2.21 bits per heavy atom. The Balaban J connectivity index is 2.66. The molecular weight excluding hydrogens is 190 g/mol. The van der Waals surface area contributed by atoms with Crippen LogP contribution in [0.4, 0.5) is 0 Å². The van der Waals surface area contributed by atoms with Gasteiger partial charge in [-0.05, 0) is 0 Å². The SMILES string of the molecule is OCCN1C[C@@H](O)[C@@H](O)[C@H](O)C1CO. The first-order valence-electron chi connectivity index (χ1n) is 4.61. The van der Waals surface area contributed by atoms with Crippen molar-refractivity contribution in [3.8, 4) is 0 Å². The number of hydrogen-bond donors (Lipinski definition) is 5. The molecule has 1 aliphatic heterocycles. The maximum Gasteiger partial charge on any atom is 0.109 e. The first-order valence-corrected chi connectivity index (χ1v) is 4.61. The average molecular weight is 207 g/mol. The molecule has 0 spiro atoms. The lowest BCUT2D eigenvalue weighted by molar-refractivity contribution is -0.146. The minimum Gasteiger partial charge on any atom is -0.395 e. The zero-order chi connectivity index (χ0) is 10.7. The Morgan fingerprint density at radius 1 is 1.07 bits per heavy atom. The quantitative estimate of drug-likeness (QED) is 0.333. The van der Waals surface area contributed by atoms with E-state index in [-0.39, 0.29) is 26.3 Å². The summed E-state index contributed by atoms with van der Waals surface area (Å²) in [5.74, 6) is 0. The molecule has 0 radical (unpaired) electrons. The van der Waals surface area contributed by atoms with Crippen molar-refractivity contribution < 1.29 is 25.5 Å². The van der Waals surface area contributed by atoms with Crippen molar-refractivity contribution in [3.05, 3.63) is 0 Å². The minimum atomic E-state index is -1.23. The van der Waals surface area contributed by atoms with E-state index >= 15 is 0 Å². The van der Waals surface area contributed by atoms with Gasteiger partial charge in [0.25, 0.3) is 0 Å². The molecule has 84 valence electrons. The fraction of sp³-hybridized carbons (Fsp3) is 1.00. The van der Waals surface area contributed by atoms with E-state index in [9.17, 15) is 15.3 Å². The summed E-state index contributed by atoms with van der Waals surface area (Å²) >= 11 is 0. The van der Waals surface area contributed by atoms with E-state index in [1.807, 2.05) is 0 Å². The molecule has 1 fully saturated rings. The Kier molecular flexibility index (Phi) is 4.24. The fourth-order valence-corrected chi connectivity index (χ4v) is 1.76. The molecule has 14 heavy (non-hydrogen) atoms. The fourth-order valence-electron chi connectivity index (χ4n) is 1.76. The number of rotatable bonds is 3. The summed E-state index contributed by atoms with van der Waals surface area (Å²) in [7, 11) is 0. The van der Waals surface area contributed by atoms with Gasteiger partial charge < -0.3 is 25.5 Å². The summed E-state index contributed by atoms with van der Waals surface area (Å²) in [6.07, 6.45) is -3.46. The molecule has 0 aliphatic carbocycles. The zero-order valence-corrected chi connectivity index (χ0v) is 7.82. The average Bonchev–Trinajstić information content (AvgIpc) is 2.16. The summed E-state index contributed by atoms with van der Waals surface area (Å²) in [5.41, 5.74) is 0. The normalized spacial score (nSPS) is 40.1. The summed E-state index contributed by atoms with van der Waals surface area (Å²) in [5, 5.41) is 45.9. The third-order valence-electron chi connectivity index (χ3n) is 2.60. The van der Waals surface area contributed by atoms with Gasteiger partial charge in [-0.15, -0.1) is 0 Å². The molecule has 6 nitrogen and oxygen atoms in total. The molecule has 0 amide bonds. The van der Waals surface area contributed by atoms with Crippen LogP contribution in [-0.4, -0.2) is 81.1 Å². The number of aliphatic hydroxyl groups excluding tert-OH is 5. The van der Waals surface area contributed by atoms with Gasteiger partial charge in [0.05, 0.1) is 25.4 Å². The second-order valence-electron chi connectivity index (χ2n) is 3.52. The summed E-state index contributed by atoms with van der Waals surface area (Å²) < 4.78 is 0. The van der Waals surface area contributed by atoms with Crippen molar-refractivity contribution in [2.45, 2.75) is 24.4 Å². The number of nitrogens with zero attached hydrogens (tertiary/aromatic N) is 1. The predicted octanol–water partition coefficient (Wildman–Crippen LogP) is -3.26. The van der Waals surface area contributed by atoms with Gasteiger partial charge in [0.2, 0.25) is 0 Å². The Labute approximate surface area is 82.0 Å². The molecule has 1 aliphatic rings. The van der Waals surface area contributed by atoms with Gasteiger partial charge in [-0.25, -0.2) is 0 Å². The van der Waals surface area contributed by atoms with E-state index in [0.29, 0.717) is 0 Å². The van der Waals surface area contributed by atoms with E-state index in [1.54, 1.807) is 4.90 Å². The number of β-amino-alcohol motifs (C(OH)–C–C–N with tert-alkyl or cyclic N) is 2. The largest absolute Gasteiger partial charge is 0.395 e. The van der Waals surface area contributed by atoms with Gasteiger partial charge in [-0.2, -0.15) is 0 Å². The lowest BCUT2D eigenvalue weighted by Crippen LogP contribution is -2.62. The number of aliphatic hydroxyl groups is 5. The van der Waals surface area contributed by atoms with Crippen molar-refractivity contribution in [1.29, 1.82) is 0 Å². The predicted molar refractivity (Wildman–Crippen MR) is 47.6 cm³/mol. The van der Waals surface area contributed by atoms with Crippen LogP contribution in [0.3, 0.4) is 0 Å². The van der Waals surface area contributed by atoms with Gasteiger partial charge in [0.15, 0.2) is 0 Å². The Hall–Kier alpha value is -0.240. The van der Waals surface area contributed by atoms with Crippen LogP contribution in [-0.2, 0) is 0 Å². The van der Waals surface area contributed by atoms with Crippen LogP contribution < -0.4 is 0 Å². The number of likely N-dealkylation sites (tertiary alicyclic amines) is 1. The molecule has 1 rings (SSSR count). The van der Waals surface area contributed by atoms with E-state index in [4.69, 9.17) is 10.2 Å². The van der Waals surface area contributed by atoms with Crippen molar-refractivity contribution in [2.24, 2.45) is 0 Å². The standard InChI is InChI=1S/C8H17NO5/c10-2-1-9-3-6(12)8(14)7(13)5(9)4-11/h5-8,10-14H,1-4H2/t5?,6-,7-,8-/m1/s1. The molecule has 0 bridgehead atoms. The Morgan fingerprint density at radius 2 is 1.71 bits per heavy atom. The number of hydrogen-bond acceptors (Lipinski definition) is 6. The molecule has 1 heterocycles. The lowest BCUT2D eigenvalue weighted by atomic mass is 9.94. The molecular formula is C8H17NO5. The molecule has 0 aromatic heterocycles. The van der Waals surface area contributed by atoms with Crippen molar-refractivity contribution in [1.82, 2.24) is 4.90 Å². The third kappa shape index (κ3) is 2.22. The molecule has 1 saturated heterocycles. The van der Waals surface area contributed by atoms with Crippen LogP contribution in [0.2, 0.25) is 0 Å². The van der Waals surface area contributed by atoms with Crippen LogP contribution in [0.15, 0.2) is 0 Å². The lowest BCUT2D eigenvalue weighted by Gasteiger charge is -2.42. The highest BCUT2D eigenvalue weighted by atomic mass is 16.4. The van der Waals surface area contributed by atoms with E-state index in [2.05, 4.69) is 0 Å². The van der Waals surface area contributed by atoms with Gasteiger partial charge in [-0.1, -0.05) is 0 Å². The maximum atomic E-state index is 9.51. The smallest absolute Gasteiger partial charge is 0.109 e. The first kappa shape index (κ1) is 11.8. The highest BCUT2D eigenvalue weighted by Crippen LogP contribution is 2.18. The van der Waals surface area contributed by atoms with Crippen LogP contribution in [0.5, 0.6) is 0 Å². The zero-order valence-electron chi connectivity index (χ0n) is 7.82. The molecule has 1 unspecified atom stereocenters. The van der Waals surface area contributed by atoms with Crippen LogP contribution in [0, 0.1) is 0 Å². The minimum absolute atomic E-state index is 0.119. The molecule has 0 aromatic carbocycles. The molecule has 6 heteroatoms. The molecule has 0 aromatic rings. The summed E-state index contributed by atoms with van der Waals surface area (Å²) in [6.45, 7) is -0.0347. The maximum absolute atomic E-state index is 9.51. The van der Waals surface area contributed by atoms with E-state index in [1.165, 1.54) is 0 Å². The Bertz CT molecular complexity index is 179. The van der Waals surface area contributed by atoms with Crippen molar-refractivity contribution >= 4 is 0 Å². The molecule has 4 atom stereocenters. The van der Waals surface area contributed by atoms with Gasteiger partial charge in [-0.3, -0.25) is 4.90 Å². The second-order valence-corrected chi connectivity index (χ2v) is 3.52. The van der Waals surface area contributed by atoms with Crippen molar-refractivity contribution in [3.63, 3.8) is 0 Å². The van der Waals surface area contributed by atoms with Crippen LogP contribution in [0.1, 0.15) is 0 Å². The molecule has 0 saturated carbocycles. The monoisotopic (exact) mass is 207 g/mol. The van der Waals surface area contributed by atoms with Gasteiger partial charge in [0, 0.05) is 13.1 Å². The highest BCUT2D eigenvalue weighted by Gasteiger charge is 2.40. The molecule has 5 N–H and O–H groups in total. The topological polar surface area (TPSA) is 104 Å². The summed E-state index contributed by atoms with van der Waals surface area (Å²) in [4.78, 5) is 1.56. The van der Waals surface area contributed by atoms with E-state index in [0.717, 1.165) is 0 Å². The second kappa shape index (κ2) is 5.01. The van der Waals surface area contributed by atoms with E-state index < -0.39 is 24.4 Å². The highest BCUT2D eigenvalue weighted by molar-refractivity contribution is 4.93. The third-order valence-corrected chi connectivity index (χ3v) is 2.60. The first-order chi connectivity index (χ1) is 6.61.